The molecule has 1 N–H and O–H groups in total. The second-order valence-corrected chi connectivity index (χ2v) is 6.24. The van der Waals surface area contributed by atoms with E-state index in [1.165, 1.54) is 0 Å². The number of rotatable bonds is 6. The molecule has 1 aliphatic rings. The summed E-state index contributed by atoms with van der Waals surface area (Å²) in [5.41, 5.74) is 0.672. The van der Waals surface area contributed by atoms with Crippen LogP contribution in [0, 0.1) is 5.92 Å². The molecule has 0 radical (unpaired) electrons. The van der Waals surface area contributed by atoms with Gasteiger partial charge in [-0.2, -0.15) is 0 Å². The Hall–Kier alpha value is -2.27. The number of piperidine rings is 1. The number of carbonyl (C=O) groups excluding carboxylic acids is 1. The smallest absolute Gasteiger partial charge is 0.251 e. The Labute approximate surface area is 142 Å². The summed E-state index contributed by atoms with van der Waals surface area (Å²) >= 11 is 0. The van der Waals surface area contributed by atoms with Crippen LogP contribution in [-0.4, -0.2) is 37.6 Å². The molecule has 1 saturated heterocycles. The molecule has 24 heavy (non-hydrogen) atoms. The van der Waals surface area contributed by atoms with Crippen molar-refractivity contribution in [2.24, 2.45) is 5.92 Å². The molecular formula is C19H24N2O3. The summed E-state index contributed by atoms with van der Waals surface area (Å²) in [6.07, 6.45) is 3.92. The molecule has 0 spiro atoms. The zero-order chi connectivity index (χ0) is 16.8. The molecule has 0 saturated carbocycles. The second-order valence-electron chi connectivity index (χ2n) is 6.24. The van der Waals surface area contributed by atoms with Crippen molar-refractivity contribution < 1.29 is 13.9 Å². The molecule has 0 unspecified atom stereocenters. The molecule has 2 aromatic rings. The first-order chi connectivity index (χ1) is 11.7. The second kappa shape index (κ2) is 8.02. The predicted octanol–water partition coefficient (Wildman–Crippen LogP) is 2.93. The fraction of sp³-hybridized carbons (Fsp3) is 0.421. The Morgan fingerprint density at radius 2 is 2.00 bits per heavy atom. The van der Waals surface area contributed by atoms with E-state index in [4.69, 9.17) is 9.15 Å². The van der Waals surface area contributed by atoms with Crippen molar-refractivity contribution in [3.63, 3.8) is 0 Å². The van der Waals surface area contributed by atoms with Gasteiger partial charge >= 0.3 is 0 Å². The van der Waals surface area contributed by atoms with Crippen molar-refractivity contribution in [1.29, 1.82) is 0 Å². The summed E-state index contributed by atoms with van der Waals surface area (Å²) in [4.78, 5) is 14.6. The number of furan rings is 1. The average Bonchev–Trinajstić information content (AvgIpc) is 3.14. The van der Waals surface area contributed by atoms with E-state index in [-0.39, 0.29) is 5.91 Å². The fourth-order valence-electron chi connectivity index (χ4n) is 3.05. The van der Waals surface area contributed by atoms with Crippen LogP contribution >= 0.6 is 0 Å². The maximum absolute atomic E-state index is 12.2. The summed E-state index contributed by atoms with van der Waals surface area (Å²) in [5.74, 6) is 2.30. The van der Waals surface area contributed by atoms with E-state index in [2.05, 4.69) is 10.2 Å². The number of amides is 1. The van der Waals surface area contributed by atoms with Gasteiger partial charge in [-0.1, -0.05) is 0 Å². The molecule has 5 heteroatoms. The number of benzene rings is 1. The van der Waals surface area contributed by atoms with Gasteiger partial charge in [0.25, 0.3) is 5.91 Å². The van der Waals surface area contributed by atoms with E-state index in [9.17, 15) is 4.79 Å². The maximum Gasteiger partial charge on any atom is 0.251 e. The third-order valence-corrected chi connectivity index (χ3v) is 4.57. The van der Waals surface area contributed by atoms with Crippen molar-refractivity contribution in [2.75, 3.05) is 26.7 Å². The van der Waals surface area contributed by atoms with Gasteiger partial charge in [0, 0.05) is 12.1 Å². The summed E-state index contributed by atoms with van der Waals surface area (Å²) in [7, 11) is 1.62. The minimum atomic E-state index is -0.0179. The van der Waals surface area contributed by atoms with Gasteiger partial charge < -0.3 is 14.5 Å². The van der Waals surface area contributed by atoms with Crippen LogP contribution in [0.4, 0.5) is 0 Å². The van der Waals surface area contributed by atoms with Crippen molar-refractivity contribution in [2.45, 2.75) is 19.4 Å². The van der Waals surface area contributed by atoms with Crippen LogP contribution in [-0.2, 0) is 6.54 Å². The molecule has 0 aliphatic carbocycles. The zero-order valence-electron chi connectivity index (χ0n) is 14.0. The van der Waals surface area contributed by atoms with Gasteiger partial charge in [-0.25, -0.2) is 0 Å². The largest absolute Gasteiger partial charge is 0.497 e. The number of hydrogen-bond donors (Lipinski definition) is 1. The monoisotopic (exact) mass is 328 g/mol. The van der Waals surface area contributed by atoms with Crippen LogP contribution in [0.5, 0.6) is 5.75 Å². The van der Waals surface area contributed by atoms with E-state index >= 15 is 0 Å². The number of likely N-dealkylation sites (tertiary alicyclic amines) is 1. The normalized spacial score (nSPS) is 16.0. The molecule has 1 aromatic heterocycles. The standard InChI is InChI=1S/C19H24N2O3/c1-23-17-6-4-16(5-7-17)19(22)20-13-15-8-10-21(11-9-15)14-18-3-2-12-24-18/h2-7,12,15H,8-11,13-14H2,1H3,(H,20,22). The molecule has 3 rings (SSSR count). The van der Waals surface area contributed by atoms with Gasteiger partial charge in [-0.05, 0) is 68.2 Å². The maximum atomic E-state index is 12.2. The number of nitrogens with one attached hydrogen (secondary N) is 1. The first-order valence-electron chi connectivity index (χ1n) is 8.41. The van der Waals surface area contributed by atoms with E-state index in [0.717, 1.165) is 50.5 Å². The van der Waals surface area contributed by atoms with E-state index < -0.39 is 0 Å². The van der Waals surface area contributed by atoms with Gasteiger partial charge in [-0.15, -0.1) is 0 Å². The van der Waals surface area contributed by atoms with Crippen LogP contribution in [0.15, 0.2) is 47.1 Å². The molecule has 0 bridgehead atoms. The summed E-state index contributed by atoms with van der Waals surface area (Å²) in [6, 6.07) is 11.1. The predicted molar refractivity (Wildman–Crippen MR) is 92.0 cm³/mol. The molecule has 1 fully saturated rings. The number of carbonyl (C=O) groups is 1. The van der Waals surface area contributed by atoms with Gasteiger partial charge in [0.05, 0.1) is 19.9 Å². The Bertz CT molecular complexity index is 629. The summed E-state index contributed by atoms with van der Waals surface area (Å²) in [6.45, 7) is 3.70. The van der Waals surface area contributed by atoms with Crippen LogP contribution in [0.25, 0.3) is 0 Å². The quantitative estimate of drug-likeness (QED) is 0.886. The molecule has 0 atom stereocenters. The number of hydrogen-bond acceptors (Lipinski definition) is 4. The Balaban J connectivity index is 1.40. The van der Waals surface area contributed by atoms with Crippen LogP contribution in [0.2, 0.25) is 0 Å². The minimum absolute atomic E-state index is 0.0179. The molecule has 128 valence electrons. The van der Waals surface area contributed by atoms with E-state index in [1.54, 1.807) is 25.5 Å². The molecular weight excluding hydrogens is 304 g/mol. The topological polar surface area (TPSA) is 54.7 Å². The van der Waals surface area contributed by atoms with Gasteiger partial charge in [0.1, 0.15) is 11.5 Å². The first kappa shape index (κ1) is 16.6. The Kier molecular flexibility index (Phi) is 5.54. The lowest BCUT2D eigenvalue weighted by molar-refractivity contribution is 0.0934. The van der Waals surface area contributed by atoms with E-state index in [1.807, 2.05) is 24.3 Å². The minimum Gasteiger partial charge on any atom is -0.497 e. The van der Waals surface area contributed by atoms with Crippen LogP contribution in [0.3, 0.4) is 0 Å². The van der Waals surface area contributed by atoms with Crippen molar-refractivity contribution in [3.8, 4) is 5.75 Å². The third kappa shape index (κ3) is 4.38. The highest BCUT2D eigenvalue weighted by molar-refractivity contribution is 5.94. The molecule has 1 amide bonds. The summed E-state index contributed by atoms with van der Waals surface area (Å²) in [5, 5.41) is 3.05. The first-order valence-corrected chi connectivity index (χ1v) is 8.41. The molecule has 1 aliphatic heterocycles. The molecule has 1 aromatic carbocycles. The van der Waals surface area contributed by atoms with Crippen molar-refractivity contribution in [1.82, 2.24) is 10.2 Å². The van der Waals surface area contributed by atoms with Crippen molar-refractivity contribution in [3.05, 3.63) is 54.0 Å². The number of ether oxygens (including phenoxy) is 1. The lowest BCUT2D eigenvalue weighted by atomic mass is 9.96. The lowest BCUT2D eigenvalue weighted by Gasteiger charge is -2.31. The van der Waals surface area contributed by atoms with Crippen molar-refractivity contribution >= 4 is 5.91 Å². The molecule has 5 nitrogen and oxygen atoms in total. The highest BCUT2D eigenvalue weighted by atomic mass is 16.5. The summed E-state index contributed by atoms with van der Waals surface area (Å²) < 4.78 is 10.5. The highest BCUT2D eigenvalue weighted by Gasteiger charge is 2.20. The molecule has 2 heterocycles. The van der Waals surface area contributed by atoms with Crippen LogP contribution in [0.1, 0.15) is 29.0 Å². The fourth-order valence-corrected chi connectivity index (χ4v) is 3.05. The van der Waals surface area contributed by atoms with E-state index in [0.29, 0.717) is 11.5 Å². The number of nitrogens with zero attached hydrogens (tertiary/aromatic N) is 1. The van der Waals surface area contributed by atoms with Gasteiger partial charge in [-0.3, -0.25) is 9.69 Å². The van der Waals surface area contributed by atoms with Gasteiger partial charge in [0.2, 0.25) is 0 Å². The Morgan fingerprint density at radius 1 is 1.25 bits per heavy atom. The zero-order valence-corrected chi connectivity index (χ0v) is 14.0. The average molecular weight is 328 g/mol. The highest BCUT2D eigenvalue weighted by Crippen LogP contribution is 2.19. The Morgan fingerprint density at radius 3 is 2.62 bits per heavy atom. The van der Waals surface area contributed by atoms with Gasteiger partial charge in [0.15, 0.2) is 0 Å². The lowest BCUT2D eigenvalue weighted by Crippen LogP contribution is -2.38. The van der Waals surface area contributed by atoms with Crippen LogP contribution < -0.4 is 10.1 Å². The number of methoxy groups -OCH3 is 1. The third-order valence-electron chi connectivity index (χ3n) is 4.57. The SMILES string of the molecule is COc1ccc(C(=O)NCC2CCN(Cc3ccco3)CC2)cc1.